The maximum absolute atomic E-state index is 10.4. The van der Waals surface area contributed by atoms with Crippen LogP contribution in [0.15, 0.2) is 18.5 Å². The molecule has 0 aromatic carbocycles. The van der Waals surface area contributed by atoms with E-state index in [1.807, 2.05) is 18.9 Å². The first-order valence-electron chi connectivity index (χ1n) is 6.15. The summed E-state index contributed by atoms with van der Waals surface area (Å²) in [6.45, 7) is 2.80. The number of nitrogens with zero attached hydrogens (tertiary/aromatic N) is 3. The van der Waals surface area contributed by atoms with Gasteiger partial charge < -0.3 is 14.7 Å². The Bertz CT molecular complexity index is 473. The van der Waals surface area contributed by atoms with Gasteiger partial charge in [0.15, 0.2) is 0 Å². The molecule has 102 valence electrons. The fourth-order valence-electron chi connectivity index (χ4n) is 2.14. The molecule has 19 heavy (non-hydrogen) atoms. The van der Waals surface area contributed by atoms with Crippen molar-refractivity contribution in [3.8, 4) is 0 Å². The van der Waals surface area contributed by atoms with Crippen molar-refractivity contribution < 1.29 is 14.6 Å². The first-order valence-corrected chi connectivity index (χ1v) is 6.15. The first-order chi connectivity index (χ1) is 9.08. The van der Waals surface area contributed by atoms with E-state index in [1.165, 1.54) is 6.08 Å². The molecular weight excluding hydrogens is 246 g/mol. The van der Waals surface area contributed by atoms with E-state index in [9.17, 15) is 4.79 Å². The maximum Gasteiger partial charge on any atom is 0.328 e. The lowest BCUT2D eigenvalue weighted by Gasteiger charge is -2.26. The second-order valence-corrected chi connectivity index (χ2v) is 4.53. The molecule has 0 bridgehead atoms. The number of rotatable bonds is 4. The summed E-state index contributed by atoms with van der Waals surface area (Å²) < 4.78 is 5.52. The summed E-state index contributed by atoms with van der Waals surface area (Å²) in [5, 5.41) is 8.54. The largest absolute Gasteiger partial charge is 0.478 e. The standard InChI is InChI=1S/C13H17N3O3/c1-9-11(5-6-19-9)16(2)13-14-7-10(8-15-13)3-4-12(17)18/h3-4,7-9,11H,5-6H2,1-2H3,(H,17,18)/b4-3+. The molecule has 2 heterocycles. The van der Waals surface area contributed by atoms with Crippen LogP contribution < -0.4 is 4.90 Å². The van der Waals surface area contributed by atoms with Crippen molar-refractivity contribution in [2.45, 2.75) is 25.5 Å². The number of hydrogen-bond acceptors (Lipinski definition) is 5. The van der Waals surface area contributed by atoms with Crippen LogP contribution in [0.2, 0.25) is 0 Å². The quantitative estimate of drug-likeness (QED) is 0.822. The molecule has 1 saturated heterocycles. The van der Waals surface area contributed by atoms with Crippen LogP contribution in [0, 0.1) is 0 Å². The fraction of sp³-hybridized carbons (Fsp3) is 0.462. The van der Waals surface area contributed by atoms with Crippen molar-refractivity contribution in [2.24, 2.45) is 0 Å². The lowest BCUT2D eigenvalue weighted by molar-refractivity contribution is -0.131. The van der Waals surface area contributed by atoms with Crippen molar-refractivity contribution in [3.63, 3.8) is 0 Å². The molecule has 1 aromatic rings. The number of aromatic nitrogens is 2. The van der Waals surface area contributed by atoms with E-state index in [-0.39, 0.29) is 12.1 Å². The van der Waals surface area contributed by atoms with E-state index >= 15 is 0 Å². The van der Waals surface area contributed by atoms with E-state index < -0.39 is 5.97 Å². The van der Waals surface area contributed by atoms with Crippen LogP contribution in [0.1, 0.15) is 18.9 Å². The molecule has 0 radical (unpaired) electrons. The number of likely N-dealkylation sites (N-methyl/N-ethyl adjacent to an activating group) is 1. The molecule has 1 fully saturated rings. The van der Waals surface area contributed by atoms with E-state index in [0.29, 0.717) is 11.5 Å². The predicted molar refractivity (Wildman–Crippen MR) is 70.9 cm³/mol. The Morgan fingerprint density at radius 3 is 2.74 bits per heavy atom. The molecule has 2 atom stereocenters. The Balaban J connectivity index is 2.07. The predicted octanol–water partition coefficient (Wildman–Crippen LogP) is 1.19. The summed E-state index contributed by atoms with van der Waals surface area (Å²) in [5.74, 6) is -0.368. The topological polar surface area (TPSA) is 75.5 Å². The van der Waals surface area contributed by atoms with E-state index in [1.54, 1.807) is 12.4 Å². The lowest BCUT2D eigenvalue weighted by Crippen LogP contribution is -2.37. The minimum absolute atomic E-state index is 0.167. The van der Waals surface area contributed by atoms with Crippen LogP contribution in [0.3, 0.4) is 0 Å². The maximum atomic E-state index is 10.4. The minimum Gasteiger partial charge on any atom is -0.478 e. The van der Waals surface area contributed by atoms with Gasteiger partial charge in [0.2, 0.25) is 5.95 Å². The average molecular weight is 263 g/mol. The van der Waals surface area contributed by atoms with E-state index in [2.05, 4.69) is 9.97 Å². The fourth-order valence-corrected chi connectivity index (χ4v) is 2.14. The van der Waals surface area contributed by atoms with Crippen LogP contribution in [-0.4, -0.2) is 46.8 Å². The molecule has 2 unspecified atom stereocenters. The van der Waals surface area contributed by atoms with Gasteiger partial charge in [-0.15, -0.1) is 0 Å². The average Bonchev–Trinajstić information content (AvgIpc) is 2.82. The van der Waals surface area contributed by atoms with Gasteiger partial charge in [0, 0.05) is 37.7 Å². The van der Waals surface area contributed by atoms with Crippen LogP contribution in [0.25, 0.3) is 6.08 Å². The zero-order valence-electron chi connectivity index (χ0n) is 11.0. The zero-order chi connectivity index (χ0) is 13.8. The number of carbonyl (C=O) groups is 1. The van der Waals surface area contributed by atoms with Crippen LogP contribution in [0.5, 0.6) is 0 Å². The third-order valence-corrected chi connectivity index (χ3v) is 3.23. The van der Waals surface area contributed by atoms with E-state index in [4.69, 9.17) is 9.84 Å². The van der Waals surface area contributed by atoms with Gasteiger partial charge in [0.25, 0.3) is 0 Å². The molecule has 1 aliphatic rings. The number of anilines is 1. The second-order valence-electron chi connectivity index (χ2n) is 4.53. The Morgan fingerprint density at radius 1 is 1.53 bits per heavy atom. The normalized spacial score (nSPS) is 22.8. The number of carboxylic acid groups (broad SMARTS) is 1. The number of ether oxygens (including phenoxy) is 1. The molecule has 1 aliphatic heterocycles. The van der Waals surface area contributed by atoms with Gasteiger partial charge in [-0.05, 0) is 19.4 Å². The van der Waals surface area contributed by atoms with Crippen molar-refractivity contribution in [1.82, 2.24) is 9.97 Å². The van der Waals surface area contributed by atoms with E-state index in [0.717, 1.165) is 19.1 Å². The highest BCUT2D eigenvalue weighted by molar-refractivity contribution is 5.85. The second kappa shape index (κ2) is 5.79. The Kier molecular flexibility index (Phi) is 4.11. The summed E-state index contributed by atoms with van der Waals surface area (Å²) >= 11 is 0. The Morgan fingerprint density at radius 2 is 2.21 bits per heavy atom. The molecule has 6 nitrogen and oxygen atoms in total. The summed E-state index contributed by atoms with van der Waals surface area (Å²) in [5.41, 5.74) is 0.662. The van der Waals surface area contributed by atoms with Crippen molar-refractivity contribution in [3.05, 3.63) is 24.0 Å². The van der Waals surface area contributed by atoms with Crippen molar-refractivity contribution >= 4 is 18.0 Å². The van der Waals surface area contributed by atoms with Gasteiger partial charge in [-0.3, -0.25) is 0 Å². The van der Waals surface area contributed by atoms with Gasteiger partial charge in [0.1, 0.15) is 0 Å². The van der Waals surface area contributed by atoms with Gasteiger partial charge in [-0.25, -0.2) is 14.8 Å². The summed E-state index contributed by atoms with van der Waals surface area (Å²) in [6, 6.07) is 0.278. The molecule has 0 saturated carbocycles. The number of hydrogen-bond donors (Lipinski definition) is 1. The van der Waals surface area contributed by atoms with Crippen molar-refractivity contribution in [2.75, 3.05) is 18.6 Å². The van der Waals surface area contributed by atoms with Gasteiger partial charge in [-0.2, -0.15) is 0 Å². The monoisotopic (exact) mass is 263 g/mol. The zero-order valence-corrected chi connectivity index (χ0v) is 11.0. The third-order valence-electron chi connectivity index (χ3n) is 3.23. The highest BCUT2D eigenvalue weighted by Crippen LogP contribution is 2.21. The first kappa shape index (κ1) is 13.5. The summed E-state index contributed by atoms with van der Waals surface area (Å²) in [4.78, 5) is 20.9. The summed E-state index contributed by atoms with van der Waals surface area (Å²) in [7, 11) is 1.94. The Hall–Kier alpha value is -1.95. The third kappa shape index (κ3) is 3.29. The molecule has 2 rings (SSSR count). The highest BCUT2D eigenvalue weighted by atomic mass is 16.5. The SMILES string of the molecule is CC1OCCC1N(C)c1ncc(/C=C/C(=O)O)cn1. The smallest absolute Gasteiger partial charge is 0.328 e. The lowest BCUT2D eigenvalue weighted by atomic mass is 10.1. The van der Waals surface area contributed by atoms with Gasteiger partial charge in [0.05, 0.1) is 12.1 Å². The molecular formula is C13H17N3O3. The number of aliphatic carboxylic acids is 1. The molecule has 0 amide bonds. The highest BCUT2D eigenvalue weighted by Gasteiger charge is 2.29. The molecule has 6 heteroatoms. The van der Waals surface area contributed by atoms with Crippen LogP contribution >= 0.6 is 0 Å². The van der Waals surface area contributed by atoms with Gasteiger partial charge >= 0.3 is 5.97 Å². The molecule has 0 spiro atoms. The van der Waals surface area contributed by atoms with Crippen LogP contribution in [-0.2, 0) is 9.53 Å². The molecule has 0 aliphatic carbocycles. The molecule has 1 aromatic heterocycles. The van der Waals surface area contributed by atoms with Crippen molar-refractivity contribution in [1.29, 1.82) is 0 Å². The van der Waals surface area contributed by atoms with Gasteiger partial charge in [-0.1, -0.05) is 0 Å². The van der Waals surface area contributed by atoms with Crippen LogP contribution in [0.4, 0.5) is 5.95 Å². The molecule has 1 N–H and O–H groups in total. The number of carboxylic acids is 1. The summed E-state index contributed by atoms with van der Waals surface area (Å²) in [6.07, 6.45) is 6.88. The minimum atomic E-state index is -0.988. The Labute approximate surface area is 111 Å².